The van der Waals surface area contributed by atoms with Crippen LogP contribution >= 0.6 is 0 Å². The third-order valence-electron chi connectivity index (χ3n) is 3.78. The minimum absolute atomic E-state index is 0.0163. The summed E-state index contributed by atoms with van der Waals surface area (Å²) in [5.41, 5.74) is 1.30. The quantitative estimate of drug-likeness (QED) is 0.883. The summed E-state index contributed by atoms with van der Waals surface area (Å²) in [7, 11) is 0. The molecule has 1 atom stereocenters. The van der Waals surface area contributed by atoms with E-state index in [-0.39, 0.29) is 17.7 Å². The third-order valence-corrected chi connectivity index (χ3v) is 3.78. The smallest absolute Gasteiger partial charge is 0.253 e. The highest BCUT2D eigenvalue weighted by molar-refractivity contribution is 5.94. The van der Waals surface area contributed by atoms with E-state index < -0.39 is 0 Å². The predicted molar refractivity (Wildman–Crippen MR) is 75.4 cm³/mol. The van der Waals surface area contributed by atoms with Crippen LogP contribution in [-0.2, 0) is 0 Å². The van der Waals surface area contributed by atoms with Crippen molar-refractivity contribution in [3.8, 4) is 11.8 Å². The largest absolute Gasteiger partial charge is 0.508 e. The van der Waals surface area contributed by atoms with Crippen molar-refractivity contribution in [1.29, 1.82) is 5.26 Å². The molecule has 1 aliphatic heterocycles. The lowest BCUT2D eigenvalue weighted by Crippen LogP contribution is -2.51. The molecule has 0 aliphatic carbocycles. The summed E-state index contributed by atoms with van der Waals surface area (Å²) in [6.07, 6.45) is 0. The lowest BCUT2D eigenvalue weighted by molar-refractivity contribution is 0.0615. The Hall–Kier alpha value is -2.06. The summed E-state index contributed by atoms with van der Waals surface area (Å²) in [6.45, 7) is 6.35. The van der Waals surface area contributed by atoms with Gasteiger partial charge in [-0.2, -0.15) is 5.26 Å². The molecule has 1 N–H and O–H groups in total. The van der Waals surface area contributed by atoms with Crippen LogP contribution in [0.15, 0.2) is 18.2 Å². The van der Waals surface area contributed by atoms with Gasteiger partial charge in [0.25, 0.3) is 5.91 Å². The number of hydrogen-bond acceptors (Lipinski definition) is 4. The Morgan fingerprint density at radius 1 is 1.35 bits per heavy atom. The molecule has 2 rings (SSSR count). The second kappa shape index (κ2) is 5.93. The van der Waals surface area contributed by atoms with Gasteiger partial charge in [-0.3, -0.25) is 9.69 Å². The molecule has 1 amide bonds. The summed E-state index contributed by atoms with van der Waals surface area (Å²) in [4.78, 5) is 16.2. The molecule has 1 aromatic rings. The van der Waals surface area contributed by atoms with E-state index in [1.54, 1.807) is 30.0 Å². The number of amides is 1. The number of piperazine rings is 1. The number of nitriles is 1. The van der Waals surface area contributed by atoms with Gasteiger partial charge < -0.3 is 10.0 Å². The van der Waals surface area contributed by atoms with Crippen LogP contribution in [-0.4, -0.2) is 53.0 Å². The third kappa shape index (κ3) is 2.91. The summed E-state index contributed by atoms with van der Waals surface area (Å²) in [5, 5.41) is 18.4. The Bertz CT molecular complexity index is 543. The van der Waals surface area contributed by atoms with Crippen molar-refractivity contribution in [3.63, 3.8) is 0 Å². The topological polar surface area (TPSA) is 67.6 Å². The zero-order valence-corrected chi connectivity index (χ0v) is 11.8. The molecule has 1 saturated heterocycles. The number of rotatable bonds is 2. The Kier molecular flexibility index (Phi) is 4.26. The van der Waals surface area contributed by atoms with Gasteiger partial charge in [0.05, 0.1) is 12.1 Å². The maximum atomic E-state index is 12.4. The summed E-state index contributed by atoms with van der Waals surface area (Å²) in [5.74, 6) is 0.187. The van der Waals surface area contributed by atoms with Gasteiger partial charge in [-0.1, -0.05) is 0 Å². The first-order valence-corrected chi connectivity index (χ1v) is 6.75. The molecule has 1 heterocycles. The minimum atomic E-state index is -0.108. The molecule has 1 fully saturated rings. The number of phenols is 1. The maximum Gasteiger partial charge on any atom is 0.253 e. The predicted octanol–water partition coefficient (Wildman–Crippen LogP) is 1.37. The molecule has 0 saturated carbocycles. The summed E-state index contributed by atoms with van der Waals surface area (Å²) < 4.78 is 0. The molecule has 0 spiro atoms. The summed E-state index contributed by atoms with van der Waals surface area (Å²) in [6, 6.07) is 7.02. The van der Waals surface area contributed by atoms with Gasteiger partial charge in [-0.15, -0.1) is 0 Å². The highest BCUT2D eigenvalue weighted by Gasteiger charge is 2.24. The van der Waals surface area contributed by atoms with Crippen molar-refractivity contribution in [1.82, 2.24) is 9.80 Å². The number of phenolic OH excluding ortho intramolecular Hbond substituents is 1. The number of carbonyl (C=O) groups is 1. The molecule has 0 bridgehead atoms. The zero-order chi connectivity index (χ0) is 14.7. The molecular formula is C15H19N3O2. The van der Waals surface area contributed by atoms with Crippen LogP contribution in [0.25, 0.3) is 0 Å². The maximum absolute atomic E-state index is 12.4. The van der Waals surface area contributed by atoms with E-state index in [1.165, 1.54) is 0 Å². The summed E-state index contributed by atoms with van der Waals surface area (Å²) >= 11 is 0. The van der Waals surface area contributed by atoms with Gasteiger partial charge in [0, 0.05) is 31.7 Å². The molecule has 5 nitrogen and oxygen atoms in total. The van der Waals surface area contributed by atoms with Crippen LogP contribution in [0.1, 0.15) is 22.8 Å². The number of carbonyl (C=O) groups excluding carboxylic acids is 1. The Morgan fingerprint density at radius 3 is 2.55 bits per heavy atom. The van der Waals surface area contributed by atoms with Crippen molar-refractivity contribution in [2.75, 3.05) is 26.2 Å². The van der Waals surface area contributed by atoms with Crippen molar-refractivity contribution < 1.29 is 9.90 Å². The van der Waals surface area contributed by atoms with Crippen LogP contribution in [0.4, 0.5) is 0 Å². The Labute approximate surface area is 119 Å². The molecule has 1 aliphatic rings. The van der Waals surface area contributed by atoms with Crippen molar-refractivity contribution >= 4 is 5.91 Å². The second-order valence-corrected chi connectivity index (χ2v) is 5.13. The van der Waals surface area contributed by atoms with E-state index in [0.29, 0.717) is 24.2 Å². The first-order chi connectivity index (χ1) is 9.52. The number of aryl methyl sites for hydroxylation is 1. The van der Waals surface area contributed by atoms with Gasteiger partial charge in [-0.05, 0) is 37.6 Å². The highest BCUT2D eigenvalue weighted by atomic mass is 16.3. The van der Waals surface area contributed by atoms with Crippen molar-refractivity contribution in [2.45, 2.75) is 19.9 Å². The SMILES string of the molecule is Cc1cc(C(=O)N2CCN(C(C)C#N)CC2)ccc1O. The average Bonchev–Trinajstić information content (AvgIpc) is 2.48. The molecule has 1 unspecified atom stereocenters. The number of nitrogens with zero attached hydrogens (tertiary/aromatic N) is 3. The first kappa shape index (κ1) is 14.4. The number of hydrogen-bond donors (Lipinski definition) is 1. The molecular weight excluding hydrogens is 254 g/mol. The van der Waals surface area contributed by atoms with Crippen molar-refractivity contribution in [3.05, 3.63) is 29.3 Å². The fraction of sp³-hybridized carbons (Fsp3) is 0.467. The van der Waals surface area contributed by atoms with Crippen LogP contribution in [0, 0.1) is 18.3 Å². The van der Waals surface area contributed by atoms with Crippen LogP contribution in [0.3, 0.4) is 0 Å². The van der Waals surface area contributed by atoms with E-state index in [0.717, 1.165) is 13.1 Å². The Balaban J connectivity index is 2.01. The standard InChI is InChI=1S/C15H19N3O2/c1-11-9-13(3-4-14(11)19)15(20)18-7-5-17(6-8-18)12(2)10-16/h3-4,9,12,19H,5-8H2,1-2H3. The highest BCUT2D eigenvalue weighted by Crippen LogP contribution is 2.18. The van der Waals surface area contributed by atoms with Gasteiger partial charge in [0.1, 0.15) is 5.75 Å². The van der Waals surface area contributed by atoms with Gasteiger partial charge >= 0.3 is 0 Å². The lowest BCUT2D eigenvalue weighted by Gasteiger charge is -2.35. The van der Waals surface area contributed by atoms with Crippen molar-refractivity contribution in [2.24, 2.45) is 0 Å². The zero-order valence-electron chi connectivity index (χ0n) is 11.8. The Morgan fingerprint density at radius 2 is 2.00 bits per heavy atom. The molecule has 1 aromatic carbocycles. The van der Waals surface area contributed by atoms with E-state index >= 15 is 0 Å². The second-order valence-electron chi connectivity index (χ2n) is 5.13. The van der Waals surface area contributed by atoms with Crippen LogP contribution in [0.5, 0.6) is 5.75 Å². The minimum Gasteiger partial charge on any atom is -0.508 e. The molecule has 0 aromatic heterocycles. The number of aromatic hydroxyl groups is 1. The lowest BCUT2D eigenvalue weighted by atomic mass is 10.1. The number of benzene rings is 1. The van der Waals surface area contributed by atoms with E-state index in [4.69, 9.17) is 5.26 Å². The molecule has 0 radical (unpaired) electrons. The fourth-order valence-corrected chi connectivity index (χ4v) is 2.37. The van der Waals surface area contributed by atoms with Gasteiger partial charge in [0.2, 0.25) is 0 Å². The van der Waals surface area contributed by atoms with E-state index in [9.17, 15) is 9.90 Å². The molecule has 106 valence electrons. The normalized spacial score (nSPS) is 17.6. The van der Waals surface area contributed by atoms with E-state index in [2.05, 4.69) is 11.0 Å². The van der Waals surface area contributed by atoms with Crippen LogP contribution in [0.2, 0.25) is 0 Å². The molecule has 20 heavy (non-hydrogen) atoms. The molecule has 5 heteroatoms. The monoisotopic (exact) mass is 273 g/mol. The van der Waals surface area contributed by atoms with E-state index in [1.807, 2.05) is 6.92 Å². The average molecular weight is 273 g/mol. The first-order valence-electron chi connectivity index (χ1n) is 6.75. The van der Waals surface area contributed by atoms with Gasteiger partial charge in [0.15, 0.2) is 0 Å². The van der Waals surface area contributed by atoms with Crippen LogP contribution < -0.4 is 0 Å². The van der Waals surface area contributed by atoms with Gasteiger partial charge in [-0.25, -0.2) is 0 Å². The fourth-order valence-electron chi connectivity index (χ4n) is 2.37.